The number of hydrogen-bond acceptors (Lipinski definition) is 3. The van der Waals surface area contributed by atoms with E-state index in [1.54, 1.807) is 24.3 Å². The number of halogens is 4. The number of anilines is 1. The summed E-state index contributed by atoms with van der Waals surface area (Å²) < 4.78 is 58.8. The zero-order valence-electron chi connectivity index (χ0n) is 15.3. The van der Waals surface area contributed by atoms with Crippen molar-refractivity contribution in [1.82, 2.24) is 5.32 Å². The van der Waals surface area contributed by atoms with Gasteiger partial charge in [0, 0.05) is 23.7 Å². The SMILES string of the molecule is C=Cc1cc(F)cc2c1N1CCC[C@@H](NC(=O)C(F)(F)F)[C@H]1c1ccccc1O2. The van der Waals surface area contributed by atoms with Gasteiger partial charge in [0.15, 0.2) is 5.75 Å². The molecule has 2 aromatic carbocycles. The molecular weight excluding hydrogens is 388 g/mol. The van der Waals surface area contributed by atoms with Crippen LogP contribution in [0.25, 0.3) is 6.08 Å². The van der Waals surface area contributed by atoms with Crippen LogP contribution in [0.1, 0.15) is 30.0 Å². The molecule has 152 valence electrons. The van der Waals surface area contributed by atoms with Gasteiger partial charge in [-0.3, -0.25) is 4.79 Å². The molecule has 4 rings (SSSR count). The molecule has 0 bridgehead atoms. The van der Waals surface area contributed by atoms with Gasteiger partial charge in [-0.15, -0.1) is 0 Å². The molecule has 4 nitrogen and oxygen atoms in total. The predicted molar refractivity (Wildman–Crippen MR) is 100 cm³/mol. The van der Waals surface area contributed by atoms with Crippen LogP contribution in [0.2, 0.25) is 0 Å². The fourth-order valence-electron chi connectivity index (χ4n) is 4.10. The number of carbonyl (C=O) groups excluding carboxylic acids is 1. The van der Waals surface area contributed by atoms with Gasteiger partial charge in [0.25, 0.3) is 0 Å². The van der Waals surface area contributed by atoms with E-state index >= 15 is 0 Å². The number of fused-ring (bicyclic) bond motifs is 5. The quantitative estimate of drug-likeness (QED) is 0.717. The summed E-state index contributed by atoms with van der Waals surface area (Å²) in [5.41, 5.74) is 1.65. The molecule has 2 aliphatic rings. The Labute approximate surface area is 164 Å². The summed E-state index contributed by atoms with van der Waals surface area (Å²) in [7, 11) is 0. The number of alkyl halides is 3. The van der Waals surface area contributed by atoms with Gasteiger partial charge in [0.2, 0.25) is 0 Å². The van der Waals surface area contributed by atoms with Crippen molar-refractivity contribution in [2.75, 3.05) is 11.4 Å². The zero-order chi connectivity index (χ0) is 20.8. The lowest BCUT2D eigenvalue weighted by Gasteiger charge is -2.43. The molecule has 2 heterocycles. The average Bonchev–Trinajstić information content (AvgIpc) is 2.81. The van der Waals surface area contributed by atoms with Crippen molar-refractivity contribution in [3.63, 3.8) is 0 Å². The van der Waals surface area contributed by atoms with Crippen LogP contribution >= 0.6 is 0 Å². The van der Waals surface area contributed by atoms with E-state index in [1.165, 1.54) is 18.2 Å². The molecule has 0 aliphatic carbocycles. The maximum absolute atomic E-state index is 14.1. The molecule has 29 heavy (non-hydrogen) atoms. The fourth-order valence-corrected chi connectivity index (χ4v) is 4.10. The number of benzene rings is 2. The highest BCUT2D eigenvalue weighted by atomic mass is 19.4. The standard InChI is InChI=1S/C21H18F4N2O2/c1-2-12-10-13(22)11-17-18(12)27-9-5-7-15(26-20(28)21(23,24)25)19(27)14-6-3-4-8-16(14)29-17/h2-4,6,8,10-11,15,19H,1,5,7,9H2,(H,26,28)/t15-,19-/m1/s1. The Morgan fingerprint density at radius 2 is 2.00 bits per heavy atom. The van der Waals surface area contributed by atoms with Crippen LogP contribution in [-0.4, -0.2) is 24.7 Å². The largest absolute Gasteiger partial charge is 0.471 e. The van der Waals surface area contributed by atoms with Crippen LogP contribution in [0.15, 0.2) is 43.0 Å². The Morgan fingerprint density at radius 3 is 2.72 bits per heavy atom. The Morgan fingerprint density at radius 1 is 1.24 bits per heavy atom. The number of hydrogen-bond donors (Lipinski definition) is 1. The molecule has 2 aliphatic heterocycles. The Hall–Kier alpha value is -3.03. The van der Waals surface area contributed by atoms with Gasteiger partial charge in [0.1, 0.15) is 11.6 Å². The first-order valence-corrected chi connectivity index (χ1v) is 9.16. The van der Waals surface area contributed by atoms with E-state index in [0.717, 1.165) is 0 Å². The topological polar surface area (TPSA) is 41.6 Å². The third-order valence-corrected chi connectivity index (χ3v) is 5.24. The van der Waals surface area contributed by atoms with Gasteiger partial charge in [-0.2, -0.15) is 13.2 Å². The van der Waals surface area contributed by atoms with Crippen molar-refractivity contribution >= 4 is 17.7 Å². The summed E-state index contributed by atoms with van der Waals surface area (Å²) in [6, 6.07) is 8.07. The van der Waals surface area contributed by atoms with E-state index in [2.05, 4.69) is 11.9 Å². The average molecular weight is 406 g/mol. The van der Waals surface area contributed by atoms with E-state index in [-0.39, 0.29) is 5.75 Å². The molecule has 2 aromatic rings. The molecule has 1 fully saturated rings. The van der Waals surface area contributed by atoms with Gasteiger partial charge in [-0.25, -0.2) is 4.39 Å². The number of piperidine rings is 1. The Bertz CT molecular complexity index is 974. The molecule has 1 saturated heterocycles. The van der Waals surface area contributed by atoms with Crippen molar-refractivity contribution < 1.29 is 27.1 Å². The fraction of sp³-hybridized carbons (Fsp3) is 0.286. The number of amides is 1. The summed E-state index contributed by atoms with van der Waals surface area (Å²) in [4.78, 5) is 13.5. The van der Waals surface area contributed by atoms with E-state index in [9.17, 15) is 22.4 Å². The minimum absolute atomic E-state index is 0.262. The molecule has 1 N–H and O–H groups in total. The van der Waals surface area contributed by atoms with Crippen molar-refractivity contribution in [2.45, 2.75) is 31.1 Å². The monoisotopic (exact) mass is 406 g/mol. The van der Waals surface area contributed by atoms with Crippen LogP contribution in [0.5, 0.6) is 11.5 Å². The van der Waals surface area contributed by atoms with Crippen molar-refractivity contribution in [1.29, 1.82) is 0 Å². The number of para-hydroxylation sites is 1. The first-order valence-electron chi connectivity index (χ1n) is 9.16. The normalized spacial score (nSPS) is 20.5. The molecule has 1 amide bonds. The molecule has 0 saturated carbocycles. The summed E-state index contributed by atoms with van der Waals surface area (Å²) in [5, 5.41) is 2.15. The van der Waals surface area contributed by atoms with Crippen LogP contribution in [0.3, 0.4) is 0 Å². The molecule has 8 heteroatoms. The van der Waals surface area contributed by atoms with Crippen LogP contribution in [0.4, 0.5) is 23.2 Å². The lowest BCUT2D eigenvalue weighted by Crippen LogP contribution is -2.52. The number of carbonyl (C=O) groups is 1. The minimum atomic E-state index is -4.98. The highest BCUT2D eigenvalue weighted by Gasteiger charge is 2.44. The molecular formula is C21H18F4N2O2. The third kappa shape index (κ3) is 3.43. The van der Waals surface area contributed by atoms with Crippen molar-refractivity contribution in [3.05, 3.63) is 59.9 Å². The third-order valence-electron chi connectivity index (χ3n) is 5.24. The predicted octanol–water partition coefficient (Wildman–Crippen LogP) is 4.96. The lowest BCUT2D eigenvalue weighted by atomic mass is 9.89. The zero-order valence-corrected chi connectivity index (χ0v) is 15.3. The van der Waals surface area contributed by atoms with Crippen molar-refractivity contribution in [3.8, 4) is 11.5 Å². The number of nitrogens with one attached hydrogen (secondary N) is 1. The molecule has 0 spiro atoms. The van der Waals surface area contributed by atoms with Gasteiger partial charge in [0.05, 0.1) is 17.8 Å². The van der Waals surface area contributed by atoms with E-state index < -0.39 is 30.0 Å². The van der Waals surface area contributed by atoms with E-state index in [0.29, 0.717) is 42.0 Å². The van der Waals surface area contributed by atoms with Crippen LogP contribution < -0.4 is 15.0 Å². The smallest absolute Gasteiger partial charge is 0.455 e. The highest BCUT2D eigenvalue weighted by Crippen LogP contribution is 2.49. The lowest BCUT2D eigenvalue weighted by molar-refractivity contribution is -0.174. The molecule has 0 aromatic heterocycles. The van der Waals surface area contributed by atoms with Gasteiger partial charge in [-0.1, -0.05) is 30.9 Å². The van der Waals surface area contributed by atoms with Gasteiger partial charge in [-0.05, 0) is 25.0 Å². The highest BCUT2D eigenvalue weighted by molar-refractivity contribution is 5.82. The Kier molecular flexibility index (Phi) is 4.72. The van der Waals surface area contributed by atoms with E-state index in [1.807, 2.05) is 4.90 Å². The summed E-state index contributed by atoms with van der Waals surface area (Å²) in [6.07, 6.45) is -2.57. The van der Waals surface area contributed by atoms with Crippen molar-refractivity contribution in [2.24, 2.45) is 0 Å². The van der Waals surface area contributed by atoms with E-state index in [4.69, 9.17) is 4.74 Å². The number of ether oxygens (including phenoxy) is 1. The van der Waals surface area contributed by atoms with Gasteiger partial charge < -0.3 is 15.0 Å². The summed E-state index contributed by atoms with van der Waals surface area (Å²) in [5.74, 6) is -1.81. The van der Waals surface area contributed by atoms with Crippen LogP contribution in [0, 0.1) is 5.82 Å². The summed E-state index contributed by atoms with van der Waals surface area (Å²) >= 11 is 0. The second-order valence-corrected chi connectivity index (χ2v) is 7.04. The summed E-state index contributed by atoms with van der Waals surface area (Å²) in [6.45, 7) is 4.24. The second-order valence-electron chi connectivity index (χ2n) is 7.04. The van der Waals surface area contributed by atoms with Crippen LogP contribution in [-0.2, 0) is 4.79 Å². The maximum atomic E-state index is 14.1. The molecule has 0 radical (unpaired) electrons. The number of nitrogens with zero attached hydrogens (tertiary/aromatic N) is 1. The number of rotatable bonds is 2. The first-order chi connectivity index (χ1) is 13.8. The molecule has 2 atom stereocenters. The minimum Gasteiger partial charge on any atom is -0.455 e. The second kappa shape index (κ2) is 7.09. The Balaban J connectivity index is 1.87. The first kappa shape index (κ1) is 19.3. The van der Waals surface area contributed by atoms with Gasteiger partial charge >= 0.3 is 12.1 Å². The molecule has 0 unspecified atom stereocenters. The maximum Gasteiger partial charge on any atom is 0.471 e.